The topological polar surface area (TPSA) is 93.8 Å². The van der Waals surface area contributed by atoms with Crippen molar-refractivity contribution in [2.45, 2.75) is 31.1 Å². The van der Waals surface area contributed by atoms with Gasteiger partial charge in [0.15, 0.2) is 0 Å². The van der Waals surface area contributed by atoms with E-state index in [0.717, 1.165) is 12.8 Å². The lowest BCUT2D eigenvalue weighted by Crippen LogP contribution is -2.37. The van der Waals surface area contributed by atoms with E-state index in [1.54, 1.807) is 24.3 Å². The maximum atomic E-state index is 12.1. The molecule has 1 N–H and O–H groups in total. The molecule has 1 fully saturated rings. The van der Waals surface area contributed by atoms with E-state index in [1.807, 2.05) is 6.07 Å². The first-order valence-electron chi connectivity index (χ1n) is 6.43. The molecular formula is C14H15N3O2S. The maximum absolute atomic E-state index is 12.1. The average molecular weight is 289 g/mol. The SMILES string of the molecule is N#Cc1ccc(CS(=O)(=O)NC2CCCC2C#N)cc1. The van der Waals surface area contributed by atoms with E-state index < -0.39 is 10.0 Å². The molecule has 1 aliphatic carbocycles. The molecule has 0 saturated heterocycles. The highest BCUT2D eigenvalue weighted by Gasteiger charge is 2.30. The number of nitriles is 2. The summed E-state index contributed by atoms with van der Waals surface area (Å²) in [6.45, 7) is 0. The minimum atomic E-state index is -3.46. The number of hydrogen-bond donors (Lipinski definition) is 1. The molecule has 1 saturated carbocycles. The first kappa shape index (κ1) is 14.5. The number of nitrogens with one attached hydrogen (secondary N) is 1. The van der Waals surface area contributed by atoms with Crippen LogP contribution in [0.4, 0.5) is 0 Å². The summed E-state index contributed by atoms with van der Waals surface area (Å²) in [5.41, 5.74) is 1.13. The van der Waals surface area contributed by atoms with E-state index >= 15 is 0 Å². The van der Waals surface area contributed by atoms with Crippen LogP contribution in [0, 0.1) is 28.6 Å². The van der Waals surface area contributed by atoms with Gasteiger partial charge in [0, 0.05) is 6.04 Å². The molecule has 0 radical (unpaired) electrons. The van der Waals surface area contributed by atoms with Crippen LogP contribution in [0.25, 0.3) is 0 Å². The van der Waals surface area contributed by atoms with Gasteiger partial charge in [0.2, 0.25) is 10.0 Å². The zero-order valence-electron chi connectivity index (χ0n) is 10.9. The molecule has 0 aromatic heterocycles. The van der Waals surface area contributed by atoms with Crippen LogP contribution in [0.1, 0.15) is 30.4 Å². The number of sulfonamides is 1. The van der Waals surface area contributed by atoms with Crippen LogP contribution < -0.4 is 4.72 Å². The summed E-state index contributed by atoms with van der Waals surface area (Å²) < 4.78 is 26.8. The van der Waals surface area contributed by atoms with E-state index in [1.165, 1.54) is 0 Å². The highest BCUT2D eigenvalue weighted by atomic mass is 32.2. The molecule has 0 amide bonds. The molecule has 1 aliphatic rings. The monoisotopic (exact) mass is 289 g/mol. The first-order valence-corrected chi connectivity index (χ1v) is 8.08. The number of nitrogens with zero attached hydrogens (tertiary/aromatic N) is 2. The number of rotatable bonds is 4. The van der Waals surface area contributed by atoms with E-state index in [9.17, 15) is 8.42 Å². The molecule has 5 nitrogen and oxygen atoms in total. The van der Waals surface area contributed by atoms with Crippen molar-refractivity contribution >= 4 is 10.0 Å². The number of benzene rings is 1. The second-order valence-corrected chi connectivity index (χ2v) is 6.71. The maximum Gasteiger partial charge on any atom is 0.216 e. The van der Waals surface area contributed by atoms with Crippen LogP contribution in [0.5, 0.6) is 0 Å². The molecular weight excluding hydrogens is 274 g/mol. The second kappa shape index (κ2) is 6.04. The lowest BCUT2D eigenvalue weighted by molar-refractivity contribution is 0.514. The third kappa shape index (κ3) is 3.57. The standard InChI is InChI=1S/C14H15N3O2S/c15-8-11-4-6-12(7-5-11)10-20(18,19)17-14-3-1-2-13(14)9-16/h4-7,13-14,17H,1-3,10H2. The van der Waals surface area contributed by atoms with Crippen molar-refractivity contribution in [3.05, 3.63) is 35.4 Å². The van der Waals surface area contributed by atoms with Gasteiger partial charge in [-0.05, 0) is 30.5 Å². The summed E-state index contributed by atoms with van der Waals surface area (Å²) in [6, 6.07) is 10.3. The van der Waals surface area contributed by atoms with Gasteiger partial charge in [-0.25, -0.2) is 13.1 Å². The molecule has 6 heteroatoms. The van der Waals surface area contributed by atoms with Crippen LogP contribution in [-0.2, 0) is 15.8 Å². The highest BCUT2D eigenvalue weighted by molar-refractivity contribution is 7.88. The van der Waals surface area contributed by atoms with Gasteiger partial charge in [-0.15, -0.1) is 0 Å². The number of hydrogen-bond acceptors (Lipinski definition) is 4. The quantitative estimate of drug-likeness (QED) is 0.912. The normalized spacial score (nSPS) is 22.1. The van der Waals surface area contributed by atoms with E-state index in [-0.39, 0.29) is 17.7 Å². The molecule has 0 spiro atoms. The van der Waals surface area contributed by atoms with Gasteiger partial charge >= 0.3 is 0 Å². The van der Waals surface area contributed by atoms with Crippen molar-refractivity contribution in [1.29, 1.82) is 10.5 Å². The van der Waals surface area contributed by atoms with Crippen molar-refractivity contribution < 1.29 is 8.42 Å². The molecule has 20 heavy (non-hydrogen) atoms. The average Bonchev–Trinajstić information content (AvgIpc) is 2.85. The zero-order chi connectivity index (χ0) is 14.6. The Kier molecular flexibility index (Phi) is 4.39. The van der Waals surface area contributed by atoms with Crippen molar-refractivity contribution in [1.82, 2.24) is 4.72 Å². The largest absolute Gasteiger partial charge is 0.216 e. The van der Waals surface area contributed by atoms with Gasteiger partial charge in [0.05, 0.1) is 29.4 Å². The van der Waals surface area contributed by atoms with Gasteiger partial charge in [-0.3, -0.25) is 0 Å². The Labute approximate surface area is 118 Å². The van der Waals surface area contributed by atoms with Crippen LogP contribution in [0.2, 0.25) is 0 Å². The molecule has 1 aromatic rings. The second-order valence-electron chi connectivity index (χ2n) is 4.96. The van der Waals surface area contributed by atoms with Gasteiger partial charge in [-0.1, -0.05) is 18.6 Å². The third-order valence-electron chi connectivity index (χ3n) is 3.45. The Bertz CT molecular complexity index is 653. The Balaban J connectivity index is 2.04. The van der Waals surface area contributed by atoms with Gasteiger partial charge in [0.1, 0.15) is 0 Å². The van der Waals surface area contributed by atoms with Gasteiger partial charge in [0.25, 0.3) is 0 Å². The predicted molar refractivity (Wildman–Crippen MR) is 73.7 cm³/mol. The smallest absolute Gasteiger partial charge is 0.212 e. The molecule has 2 unspecified atom stereocenters. The van der Waals surface area contributed by atoms with Gasteiger partial charge < -0.3 is 0 Å². The van der Waals surface area contributed by atoms with Gasteiger partial charge in [-0.2, -0.15) is 10.5 Å². The Hall–Kier alpha value is -1.89. The lowest BCUT2D eigenvalue weighted by Gasteiger charge is -2.15. The fourth-order valence-corrected chi connectivity index (χ4v) is 3.88. The van der Waals surface area contributed by atoms with Crippen molar-refractivity contribution in [2.24, 2.45) is 5.92 Å². The van der Waals surface area contributed by atoms with E-state index in [2.05, 4.69) is 10.8 Å². The summed E-state index contributed by atoms with van der Waals surface area (Å²) in [5, 5.41) is 17.7. The summed E-state index contributed by atoms with van der Waals surface area (Å²) in [5.74, 6) is -0.362. The summed E-state index contributed by atoms with van der Waals surface area (Å²) in [7, 11) is -3.46. The summed E-state index contributed by atoms with van der Waals surface area (Å²) >= 11 is 0. The minimum absolute atomic E-state index is 0.132. The molecule has 2 atom stereocenters. The lowest BCUT2D eigenvalue weighted by atomic mass is 10.1. The Morgan fingerprint density at radius 1 is 1.20 bits per heavy atom. The van der Waals surface area contributed by atoms with Crippen LogP contribution >= 0.6 is 0 Å². The van der Waals surface area contributed by atoms with Crippen molar-refractivity contribution in [3.63, 3.8) is 0 Å². The summed E-state index contributed by atoms with van der Waals surface area (Å²) in [6.07, 6.45) is 2.34. The van der Waals surface area contributed by atoms with Crippen LogP contribution in [0.3, 0.4) is 0 Å². The Morgan fingerprint density at radius 3 is 2.50 bits per heavy atom. The van der Waals surface area contributed by atoms with Crippen LogP contribution in [-0.4, -0.2) is 14.5 Å². The van der Waals surface area contributed by atoms with E-state index in [0.29, 0.717) is 17.5 Å². The molecule has 0 bridgehead atoms. The fraction of sp³-hybridized carbons (Fsp3) is 0.429. The zero-order valence-corrected chi connectivity index (χ0v) is 11.7. The molecule has 104 valence electrons. The van der Waals surface area contributed by atoms with E-state index in [4.69, 9.17) is 10.5 Å². The first-order chi connectivity index (χ1) is 9.54. The minimum Gasteiger partial charge on any atom is -0.212 e. The highest BCUT2D eigenvalue weighted by Crippen LogP contribution is 2.25. The third-order valence-corrected chi connectivity index (χ3v) is 4.83. The predicted octanol–water partition coefficient (Wildman–Crippen LogP) is 1.67. The summed E-state index contributed by atoms with van der Waals surface area (Å²) in [4.78, 5) is 0. The van der Waals surface area contributed by atoms with Crippen LogP contribution in [0.15, 0.2) is 24.3 Å². The fourth-order valence-electron chi connectivity index (χ4n) is 2.42. The molecule has 0 heterocycles. The molecule has 2 rings (SSSR count). The van der Waals surface area contributed by atoms with Crippen molar-refractivity contribution in [2.75, 3.05) is 0 Å². The molecule has 0 aliphatic heterocycles. The Morgan fingerprint density at radius 2 is 1.90 bits per heavy atom. The van der Waals surface area contributed by atoms with Crippen molar-refractivity contribution in [3.8, 4) is 12.1 Å². The molecule has 1 aromatic carbocycles.